The molecule has 0 atom stereocenters. The number of benzene rings is 2. The lowest BCUT2D eigenvalue weighted by atomic mass is 10.1. The summed E-state index contributed by atoms with van der Waals surface area (Å²) in [6, 6.07) is 15.1. The van der Waals surface area contributed by atoms with Crippen LogP contribution in [0.25, 0.3) is 0 Å². The molecular weight excluding hydrogens is 264 g/mol. The molecule has 0 spiro atoms. The van der Waals surface area contributed by atoms with Crippen molar-refractivity contribution in [3.8, 4) is 5.75 Å². The molecular formula is C17H20N2O2. The van der Waals surface area contributed by atoms with E-state index in [-0.39, 0.29) is 5.91 Å². The number of hydrogen-bond acceptors (Lipinski definition) is 3. The van der Waals surface area contributed by atoms with Gasteiger partial charge in [0.1, 0.15) is 5.75 Å². The number of hydrogen-bond donors (Lipinski definition) is 1. The maximum absolute atomic E-state index is 12.3. The van der Waals surface area contributed by atoms with Gasteiger partial charge in [-0.3, -0.25) is 4.79 Å². The Labute approximate surface area is 125 Å². The zero-order valence-electron chi connectivity index (χ0n) is 12.4. The molecule has 0 saturated heterocycles. The third-order valence-electron chi connectivity index (χ3n) is 3.36. The molecule has 2 rings (SSSR count). The fraction of sp³-hybridized carbons (Fsp3) is 0.235. The van der Waals surface area contributed by atoms with E-state index in [4.69, 9.17) is 10.5 Å². The molecule has 0 heterocycles. The molecule has 0 aliphatic carbocycles. The third kappa shape index (κ3) is 3.83. The van der Waals surface area contributed by atoms with Gasteiger partial charge in [-0.15, -0.1) is 0 Å². The number of methoxy groups -OCH3 is 1. The van der Waals surface area contributed by atoms with Crippen LogP contribution >= 0.6 is 0 Å². The van der Waals surface area contributed by atoms with E-state index < -0.39 is 0 Å². The SMILES string of the molecule is COc1ccc(CN(C)C(=O)c2ccc(CN)cc2)cc1. The first-order chi connectivity index (χ1) is 10.1. The van der Waals surface area contributed by atoms with Gasteiger partial charge in [-0.1, -0.05) is 24.3 Å². The summed E-state index contributed by atoms with van der Waals surface area (Å²) >= 11 is 0. The summed E-state index contributed by atoms with van der Waals surface area (Å²) in [7, 11) is 3.43. The van der Waals surface area contributed by atoms with Gasteiger partial charge in [0.05, 0.1) is 7.11 Å². The summed E-state index contributed by atoms with van der Waals surface area (Å²) in [4.78, 5) is 14.0. The summed E-state index contributed by atoms with van der Waals surface area (Å²) in [5.41, 5.74) is 8.30. The molecule has 0 radical (unpaired) electrons. The van der Waals surface area contributed by atoms with Gasteiger partial charge in [-0.2, -0.15) is 0 Å². The van der Waals surface area contributed by atoms with E-state index >= 15 is 0 Å². The molecule has 1 amide bonds. The second-order valence-corrected chi connectivity index (χ2v) is 4.91. The second kappa shape index (κ2) is 6.90. The smallest absolute Gasteiger partial charge is 0.253 e. The van der Waals surface area contributed by atoms with Crippen LogP contribution in [0.2, 0.25) is 0 Å². The lowest BCUT2D eigenvalue weighted by molar-refractivity contribution is 0.0785. The first-order valence-electron chi connectivity index (χ1n) is 6.81. The minimum Gasteiger partial charge on any atom is -0.497 e. The Balaban J connectivity index is 2.03. The van der Waals surface area contributed by atoms with E-state index in [0.717, 1.165) is 16.9 Å². The highest BCUT2D eigenvalue weighted by Crippen LogP contribution is 2.14. The van der Waals surface area contributed by atoms with Crippen molar-refractivity contribution in [1.29, 1.82) is 0 Å². The van der Waals surface area contributed by atoms with E-state index in [0.29, 0.717) is 18.7 Å². The van der Waals surface area contributed by atoms with Crippen LogP contribution in [-0.4, -0.2) is 25.0 Å². The normalized spacial score (nSPS) is 10.2. The number of ether oxygens (including phenoxy) is 1. The molecule has 2 N–H and O–H groups in total. The first-order valence-corrected chi connectivity index (χ1v) is 6.81. The van der Waals surface area contributed by atoms with E-state index in [9.17, 15) is 4.79 Å². The second-order valence-electron chi connectivity index (χ2n) is 4.91. The third-order valence-corrected chi connectivity index (χ3v) is 3.36. The highest BCUT2D eigenvalue weighted by Gasteiger charge is 2.11. The van der Waals surface area contributed by atoms with Crippen molar-refractivity contribution in [1.82, 2.24) is 4.90 Å². The Morgan fingerprint density at radius 3 is 2.14 bits per heavy atom. The van der Waals surface area contributed by atoms with Crippen molar-refractivity contribution < 1.29 is 9.53 Å². The molecule has 0 aromatic heterocycles. The van der Waals surface area contributed by atoms with Gasteiger partial charge in [-0.05, 0) is 35.4 Å². The highest BCUT2D eigenvalue weighted by atomic mass is 16.5. The van der Waals surface area contributed by atoms with Crippen molar-refractivity contribution in [3.05, 3.63) is 65.2 Å². The summed E-state index contributed by atoms with van der Waals surface area (Å²) < 4.78 is 5.12. The van der Waals surface area contributed by atoms with Crippen molar-refractivity contribution in [3.63, 3.8) is 0 Å². The van der Waals surface area contributed by atoms with Crippen LogP contribution in [0.4, 0.5) is 0 Å². The van der Waals surface area contributed by atoms with E-state index in [2.05, 4.69) is 0 Å². The molecule has 0 fully saturated rings. The zero-order valence-corrected chi connectivity index (χ0v) is 12.4. The Morgan fingerprint density at radius 1 is 1.05 bits per heavy atom. The number of carbonyl (C=O) groups excluding carboxylic acids is 1. The zero-order chi connectivity index (χ0) is 15.2. The lowest BCUT2D eigenvalue weighted by Crippen LogP contribution is -2.26. The molecule has 4 nitrogen and oxygen atoms in total. The number of amides is 1. The fourth-order valence-corrected chi connectivity index (χ4v) is 2.08. The minimum absolute atomic E-state index is 0.00519. The molecule has 0 unspecified atom stereocenters. The molecule has 0 saturated carbocycles. The number of nitrogens with two attached hydrogens (primary N) is 1. The topological polar surface area (TPSA) is 55.6 Å². The number of carbonyl (C=O) groups is 1. The molecule has 0 bridgehead atoms. The Bertz CT molecular complexity index is 591. The quantitative estimate of drug-likeness (QED) is 0.917. The van der Waals surface area contributed by atoms with Crippen LogP contribution in [0.15, 0.2) is 48.5 Å². The molecule has 2 aromatic rings. The molecule has 0 aliphatic rings. The highest BCUT2D eigenvalue weighted by molar-refractivity contribution is 5.94. The molecule has 110 valence electrons. The fourth-order valence-electron chi connectivity index (χ4n) is 2.08. The Kier molecular flexibility index (Phi) is 4.95. The maximum atomic E-state index is 12.3. The van der Waals surface area contributed by atoms with Gasteiger partial charge >= 0.3 is 0 Å². The van der Waals surface area contributed by atoms with Crippen LogP contribution in [0.1, 0.15) is 21.5 Å². The maximum Gasteiger partial charge on any atom is 0.253 e. The van der Waals surface area contributed by atoms with E-state index in [1.54, 1.807) is 19.1 Å². The molecule has 2 aromatic carbocycles. The van der Waals surface area contributed by atoms with Gasteiger partial charge < -0.3 is 15.4 Å². The van der Waals surface area contributed by atoms with Gasteiger partial charge in [0, 0.05) is 25.7 Å². The van der Waals surface area contributed by atoms with Crippen LogP contribution in [0, 0.1) is 0 Å². The lowest BCUT2D eigenvalue weighted by Gasteiger charge is -2.17. The van der Waals surface area contributed by atoms with E-state index in [1.165, 1.54) is 0 Å². The van der Waals surface area contributed by atoms with Crippen molar-refractivity contribution >= 4 is 5.91 Å². The molecule has 21 heavy (non-hydrogen) atoms. The van der Waals surface area contributed by atoms with Gasteiger partial charge in [-0.25, -0.2) is 0 Å². The number of nitrogens with zero attached hydrogens (tertiary/aromatic N) is 1. The van der Waals surface area contributed by atoms with Crippen molar-refractivity contribution in [2.45, 2.75) is 13.1 Å². The average molecular weight is 284 g/mol. The van der Waals surface area contributed by atoms with Crippen LogP contribution in [-0.2, 0) is 13.1 Å². The Morgan fingerprint density at radius 2 is 1.62 bits per heavy atom. The predicted octanol–water partition coefficient (Wildman–Crippen LogP) is 2.43. The predicted molar refractivity (Wildman–Crippen MR) is 83.1 cm³/mol. The standard InChI is InChI=1S/C17H20N2O2/c1-19(12-14-5-9-16(21-2)10-6-14)17(20)15-7-3-13(11-18)4-8-15/h3-10H,11-12,18H2,1-2H3. The monoisotopic (exact) mass is 284 g/mol. The van der Waals surface area contributed by atoms with Crippen LogP contribution in [0.3, 0.4) is 0 Å². The largest absolute Gasteiger partial charge is 0.497 e. The van der Waals surface area contributed by atoms with E-state index in [1.807, 2.05) is 48.5 Å². The Hall–Kier alpha value is -2.33. The summed E-state index contributed by atoms with van der Waals surface area (Å²) in [5.74, 6) is 0.805. The summed E-state index contributed by atoms with van der Waals surface area (Å²) in [5, 5.41) is 0. The van der Waals surface area contributed by atoms with Crippen LogP contribution < -0.4 is 10.5 Å². The van der Waals surface area contributed by atoms with Gasteiger partial charge in [0.2, 0.25) is 0 Å². The molecule has 0 aliphatic heterocycles. The van der Waals surface area contributed by atoms with Gasteiger partial charge in [0.15, 0.2) is 0 Å². The minimum atomic E-state index is -0.00519. The van der Waals surface area contributed by atoms with Crippen LogP contribution in [0.5, 0.6) is 5.75 Å². The average Bonchev–Trinajstić information content (AvgIpc) is 2.55. The summed E-state index contributed by atoms with van der Waals surface area (Å²) in [6.45, 7) is 1.04. The molecule has 4 heteroatoms. The first kappa shape index (κ1) is 15.1. The summed E-state index contributed by atoms with van der Waals surface area (Å²) in [6.07, 6.45) is 0. The van der Waals surface area contributed by atoms with Crippen molar-refractivity contribution in [2.24, 2.45) is 5.73 Å². The van der Waals surface area contributed by atoms with Crippen molar-refractivity contribution in [2.75, 3.05) is 14.2 Å². The number of rotatable bonds is 5. The van der Waals surface area contributed by atoms with Gasteiger partial charge in [0.25, 0.3) is 5.91 Å².